The van der Waals surface area contributed by atoms with Gasteiger partial charge in [-0.15, -0.1) is 0 Å². The number of aromatic nitrogens is 2. The second-order valence-corrected chi connectivity index (χ2v) is 20.0. The van der Waals surface area contributed by atoms with E-state index in [-0.39, 0.29) is 18.7 Å². The summed E-state index contributed by atoms with van der Waals surface area (Å²) in [4.78, 5) is 61.8. The highest BCUT2D eigenvalue weighted by Crippen LogP contribution is 2.60. The number of phosphoric ester groups is 2. The van der Waals surface area contributed by atoms with Crippen LogP contribution >= 0.6 is 15.6 Å². The predicted octanol–water partition coefficient (Wildman–Crippen LogP) is 9.78. The van der Waals surface area contributed by atoms with Crippen molar-refractivity contribution in [3.8, 4) is 0 Å². The number of phosphoric acid groups is 2. The van der Waals surface area contributed by atoms with Crippen LogP contribution in [0.4, 0.5) is 5.82 Å². The molecule has 0 spiro atoms. The Labute approximate surface area is 403 Å². The van der Waals surface area contributed by atoms with Crippen molar-refractivity contribution < 1.29 is 66.3 Å². The van der Waals surface area contributed by atoms with Crippen LogP contribution in [0.2, 0.25) is 0 Å². The molecule has 0 amide bonds. The van der Waals surface area contributed by atoms with Crippen molar-refractivity contribution in [2.75, 3.05) is 25.6 Å². The first-order valence-corrected chi connectivity index (χ1v) is 27.6. The number of hydrogen-bond acceptors (Lipinski definition) is 15. The number of aliphatic hydroxyl groups excluding tert-OH is 2. The fourth-order valence-corrected chi connectivity index (χ4v) is 9.24. The summed E-state index contributed by atoms with van der Waals surface area (Å²) < 4.78 is 56.7. The van der Waals surface area contributed by atoms with Gasteiger partial charge in [-0.25, -0.2) is 13.9 Å². The summed E-state index contributed by atoms with van der Waals surface area (Å²) in [7, 11) is -10.8. The van der Waals surface area contributed by atoms with Crippen LogP contribution in [-0.2, 0) is 46.3 Å². The lowest BCUT2D eigenvalue weighted by atomic mass is 10.0. The molecule has 2 heterocycles. The number of aliphatic hydroxyl groups is 2. The highest BCUT2D eigenvalue weighted by atomic mass is 31.3. The van der Waals surface area contributed by atoms with Gasteiger partial charge in [0.25, 0.3) is 0 Å². The third-order valence-corrected chi connectivity index (χ3v) is 13.5. The molecule has 3 unspecified atom stereocenters. The molecular weight excluding hydrogens is 920 g/mol. The highest BCUT2D eigenvalue weighted by molar-refractivity contribution is 7.61. The van der Waals surface area contributed by atoms with Crippen molar-refractivity contribution in [1.82, 2.24) is 9.55 Å². The molecule has 20 heteroatoms. The molecule has 1 aliphatic heterocycles. The fraction of sp³-hybridized carbons (Fsp3) is 0.708. The third-order valence-electron chi connectivity index (χ3n) is 10.9. The first-order valence-electron chi connectivity index (χ1n) is 24.6. The van der Waals surface area contributed by atoms with E-state index in [9.17, 15) is 43.5 Å². The summed E-state index contributed by atoms with van der Waals surface area (Å²) in [5.41, 5.74) is 4.58. The zero-order valence-corrected chi connectivity index (χ0v) is 42.2. The van der Waals surface area contributed by atoms with Crippen molar-refractivity contribution in [2.45, 2.75) is 199 Å². The summed E-state index contributed by atoms with van der Waals surface area (Å²) >= 11 is 0. The molecule has 1 saturated heterocycles. The lowest BCUT2D eigenvalue weighted by Crippen LogP contribution is -2.36. The maximum atomic E-state index is 12.8. The molecule has 0 aliphatic carbocycles. The van der Waals surface area contributed by atoms with Crippen LogP contribution in [0.3, 0.4) is 0 Å². The van der Waals surface area contributed by atoms with Gasteiger partial charge in [-0.3, -0.25) is 23.2 Å². The molecule has 2 rings (SSSR count). The molecular formula is C48H81N3O15P2. The van der Waals surface area contributed by atoms with E-state index in [2.05, 4.69) is 71.8 Å². The van der Waals surface area contributed by atoms with Crippen LogP contribution in [0.15, 0.2) is 65.7 Å². The van der Waals surface area contributed by atoms with E-state index in [1.165, 1.54) is 57.4 Å². The normalized spacial score (nSPS) is 19.9. The second kappa shape index (κ2) is 36.6. The van der Waals surface area contributed by atoms with Crippen LogP contribution in [-0.4, -0.2) is 85.7 Å². The van der Waals surface area contributed by atoms with Crippen LogP contribution in [0.1, 0.15) is 174 Å². The number of nitrogen functional groups attached to an aromatic ring is 1. The number of rotatable bonds is 40. The zero-order valence-electron chi connectivity index (χ0n) is 40.4. The van der Waals surface area contributed by atoms with E-state index >= 15 is 0 Å². The van der Waals surface area contributed by atoms with Gasteiger partial charge in [0.1, 0.15) is 30.7 Å². The zero-order chi connectivity index (χ0) is 49.9. The van der Waals surface area contributed by atoms with Gasteiger partial charge in [-0.05, 0) is 57.4 Å². The van der Waals surface area contributed by atoms with Crippen molar-refractivity contribution in [2.24, 2.45) is 0 Å². The number of allylic oxidation sites excluding steroid dienone is 8. The third kappa shape index (κ3) is 29.0. The Bertz CT molecular complexity index is 1820. The Morgan fingerprint density at radius 1 is 0.721 bits per heavy atom. The maximum absolute atomic E-state index is 12.8. The second-order valence-electron chi connectivity index (χ2n) is 16.9. The van der Waals surface area contributed by atoms with Crippen molar-refractivity contribution in [3.05, 3.63) is 71.4 Å². The average molecular weight is 1000 g/mol. The Morgan fingerprint density at radius 2 is 1.24 bits per heavy atom. The molecule has 0 saturated carbocycles. The minimum absolute atomic E-state index is 0.0223. The molecule has 1 aromatic heterocycles. The molecule has 1 aliphatic rings. The summed E-state index contributed by atoms with van der Waals surface area (Å²) in [6, 6.07) is 1.25. The Hall–Kier alpha value is -3.28. The number of carbonyl (C=O) groups is 2. The van der Waals surface area contributed by atoms with E-state index in [0.717, 1.165) is 87.8 Å². The van der Waals surface area contributed by atoms with E-state index in [1.54, 1.807) is 0 Å². The molecule has 0 radical (unpaired) electrons. The van der Waals surface area contributed by atoms with Gasteiger partial charge in [0, 0.05) is 19.0 Å². The Morgan fingerprint density at radius 3 is 1.81 bits per heavy atom. The largest absolute Gasteiger partial charge is 0.481 e. The summed E-state index contributed by atoms with van der Waals surface area (Å²) in [6.45, 7) is 2.01. The minimum atomic E-state index is -5.43. The summed E-state index contributed by atoms with van der Waals surface area (Å²) in [5.74, 6) is -1.32. The molecule has 0 bridgehead atoms. The number of ether oxygens (including phenoxy) is 3. The number of unbranched alkanes of at least 4 members (excludes halogenated alkanes) is 16. The van der Waals surface area contributed by atoms with Gasteiger partial charge in [0.05, 0.1) is 13.2 Å². The van der Waals surface area contributed by atoms with Crippen LogP contribution in [0.25, 0.3) is 0 Å². The quantitative estimate of drug-likeness (QED) is 0.0177. The van der Waals surface area contributed by atoms with Crippen LogP contribution < -0.4 is 11.4 Å². The molecule has 0 aromatic carbocycles. The molecule has 1 aromatic rings. The van der Waals surface area contributed by atoms with Crippen molar-refractivity contribution >= 4 is 33.4 Å². The lowest BCUT2D eigenvalue weighted by molar-refractivity contribution is -0.161. The minimum Gasteiger partial charge on any atom is -0.462 e. The van der Waals surface area contributed by atoms with Gasteiger partial charge in [0.15, 0.2) is 12.3 Å². The number of carbonyl (C=O) groups excluding carboxylic acids is 2. The monoisotopic (exact) mass is 1000 g/mol. The highest BCUT2D eigenvalue weighted by Gasteiger charge is 2.46. The fourth-order valence-electron chi connectivity index (χ4n) is 7.13. The maximum Gasteiger partial charge on any atom is 0.481 e. The van der Waals surface area contributed by atoms with Crippen LogP contribution in [0.5, 0.6) is 0 Å². The molecule has 1 fully saturated rings. The van der Waals surface area contributed by atoms with E-state index in [4.69, 9.17) is 29.0 Å². The number of nitrogens with zero attached hydrogens (tertiary/aromatic N) is 2. The molecule has 68 heavy (non-hydrogen) atoms. The Kier molecular flexibility index (Phi) is 32.8. The number of anilines is 1. The van der Waals surface area contributed by atoms with Gasteiger partial charge < -0.3 is 39.9 Å². The topological polar surface area (TPSA) is 265 Å². The standard InChI is InChI=1S/C48H81N3O15P2/c1-3-5-7-9-11-13-15-17-18-19-20-22-24-26-28-30-32-34-44(53)64-40(37-61-43(52)33-31-29-27-25-23-21-16-14-12-10-8-6-4-2)38-62-67(57,58)66-68(59,60)63-39-41-45(54)46(55)47(65-41)51-36-35-42(49)50-48(51)56/h5,7,11,13,17-18,20,22,35-36,40-41,45-47,54-55H,3-4,6,8-10,12,14-16,19,21,23-34,37-39H2,1-2H3,(H,57,58)(H,59,60)(H2,49,50,56)/b7-5-,13-11-,18-17-,22-20-/t40-,41-,45+,46?,47-/m1/s1. The van der Waals surface area contributed by atoms with E-state index in [0.29, 0.717) is 12.8 Å². The summed E-state index contributed by atoms with van der Waals surface area (Å²) in [6.07, 6.45) is 33.4. The Balaban J connectivity index is 1.82. The first kappa shape index (κ1) is 60.8. The average Bonchev–Trinajstić information content (AvgIpc) is 3.57. The van der Waals surface area contributed by atoms with Crippen molar-refractivity contribution in [3.63, 3.8) is 0 Å². The molecule has 6 N–H and O–H groups in total. The van der Waals surface area contributed by atoms with Gasteiger partial charge in [-0.1, -0.05) is 152 Å². The smallest absolute Gasteiger partial charge is 0.462 e. The molecule has 7 atom stereocenters. The number of hydrogen-bond donors (Lipinski definition) is 5. The predicted molar refractivity (Wildman–Crippen MR) is 261 cm³/mol. The first-order chi connectivity index (χ1) is 32.7. The lowest BCUT2D eigenvalue weighted by Gasteiger charge is -2.21. The molecule has 388 valence electrons. The SMILES string of the molecule is CC/C=C\C/C=C\C/C=C\C/C=C\CCCCCCC(=O)O[C@H](COC(=O)CCCCCCCCCCCCCCC)COP(=O)(O)OP(=O)(O)OC[C@H]1O[C@@H](n2ccc(N)nc2=O)C(O)[C@H]1O. The van der Waals surface area contributed by atoms with E-state index < -0.39 is 83.7 Å². The molecule has 18 nitrogen and oxygen atoms in total. The number of nitrogens with two attached hydrogens (primary N) is 1. The number of esters is 2. The van der Waals surface area contributed by atoms with Crippen LogP contribution in [0, 0.1) is 0 Å². The van der Waals surface area contributed by atoms with Crippen molar-refractivity contribution in [1.29, 1.82) is 0 Å². The summed E-state index contributed by atoms with van der Waals surface area (Å²) in [5, 5.41) is 20.9. The van der Waals surface area contributed by atoms with E-state index in [1.807, 2.05) is 0 Å². The van der Waals surface area contributed by atoms with Gasteiger partial charge >= 0.3 is 33.3 Å². The van der Waals surface area contributed by atoms with Gasteiger partial charge in [-0.2, -0.15) is 9.29 Å². The van der Waals surface area contributed by atoms with Gasteiger partial charge in [0.2, 0.25) is 0 Å².